The molecule has 0 radical (unpaired) electrons. The zero-order valence-electron chi connectivity index (χ0n) is 15.8. The Bertz CT molecular complexity index is 325. The van der Waals surface area contributed by atoms with Crippen LogP contribution in [0.5, 0.6) is 0 Å². The number of amides is 2. The lowest BCUT2D eigenvalue weighted by molar-refractivity contribution is -0.150. The summed E-state index contributed by atoms with van der Waals surface area (Å²) in [5.41, 5.74) is -0.555. The van der Waals surface area contributed by atoms with Gasteiger partial charge in [0.15, 0.2) is 0 Å². The smallest absolute Gasteiger partial charge is 0.234 e. The van der Waals surface area contributed by atoms with Gasteiger partial charge in [-0.1, -0.05) is 62.3 Å². The van der Waals surface area contributed by atoms with E-state index in [1.54, 1.807) is 6.92 Å². The van der Waals surface area contributed by atoms with Crippen molar-refractivity contribution in [2.75, 3.05) is 13.6 Å². The molecule has 0 rings (SSSR count). The first kappa shape index (κ1) is 22.4. The van der Waals surface area contributed by atoms with Gasteiger partial charge in [0.1, 0.15) is 0 Å². The van der Waals surface area contributed by atoms with Gasteiger partial charge in [-0.3, -0.25) is 14.5 Å². The van der Waals surface area contributed by atoms with Crippen molar-refractivity contribution in [1.29, 1.82) is 0 Å². The zero-order valence-corrected chi connectivity index (χ0v) is 15.8. The highest BCUT2D eigenvalue weighted by Crippen LogP contribution is 2.23. The van der Waals surface area contributed by atoms with E-state index in [4.69, 9.17) is 0 Å². The van der Waals surface area contributed by atoms with Crippen LogP contribution in [-0.4, -0.2) is 36.3 Å². The van der Waals surface area contributed by atoms with Gasteiger partial charge in [-0.05, 0) is 12.5 Å². The Kier molecular flexibility index (Phi) is 9.79. The van der Waals surface area contributed by atoms with Crippen molar-refractivity contribution in [1.82, 2.24) is 10.2 Å². The lowest BCUT2D eigenvalue weighted by Crippen LogP contribution is -2.53. The molecule has 1 unspecified atom stereocenters. The average molecular weight is 300 g/mol. The van der Waals surface area contributed by atoms with E-state index in [1.165, 1.54) is 4.90 Å². The fraction of sp³-hybridized carbons (Fsp3) is 0.882. The van der Waals surface area contributed by atoms with Gasteiger partial charge in [0, 0.05) is 24.4 Å². The van der Waals surface area contributed by atoms with Crippen molar-refractivity contribution < 1.29 is 9.59 Å². The second kappa shape index (κ2) is 9.19. The highest BCUT2D eigenvalue weighted by Gasteiger charge is 2.34. The molecule has 0 saturated carbocycles. The number of hydrogen-bond donors (Lipinski definition) is 1. The average Bonchev–Trinajstić information content (AvgIpc) is 2.38. The molecule has 126 valence electrons. The second-order valence-electron chi connectivity index (χ2n) is 7.12. The number of imide groups is 1. The van der Waals surface area contributed by atoms with Gasteiger partial charge in [0.25, 0.3) is 0 Å². The Morgan fingerprint density at radius 3 is 1.71 bits per heavy atom. The molecular weight excluding hydrogens is 264 g/mol. The fourth-order valence-corrected chi connectivity index (χ4v) is 1.87. The van der Waals surface area contributed by atoms with Crippen molar-refractivity contribution in [3.8, 4) is 0 Å². The Hall–Kier alpha value is -0.900. The minimum absolute atomic E-state index is 0.0147. The maximum absolute atomic E-state index is 12.4. The van der Waals surface area contributed by atoms with Gasteiger partial charge >= 0.3 is 0 Å². The number of likely N-dealkylation sites (N-methyl/N-ethyl adjacent to an activating group) is 1. The second-order valence-corrected chi connectivity index (χ2v) is 7.12. The molecule has 0 heterocycles. The molecule has 0 saturated heterocycles. The maximum atomic E-state index is 12.4. The summed E-state index contributed by atoms with van der Waals surface area (Å²) >= 11 is 0. The van der Waals surface area contributed by atoms with Gasteiger partial charge in [0.2, 0.25) is 11.8 Å². The molecule has 1 atom stereocenters. The van der Waals surface area contributed by atoms with Crippen LogP contribution in [-0.2, 0) is 9.59 Å². The topological polar surface area (TPSA) is 49.4 Å². The van der Waals surface area contributed by atoms with E-state index in [0.717, 1.165) is 0 Å². The molecule has 0 bridgehead atoms. The van der Waals surface area contributed by atoms with Crippen LogP contribution in [0.25, 0.3) is 0 Å². The quantitative estimate of drug-likeness (QED) is 0.865. The number of hydrogen-bond acceptors (Lipinski definition) is 3. The first-order chi connectivity index (χ1) is 9.45. The molecule has 4 heteroatoms. The Labute approximate surface area is 131 Å². The van der Waals surface area contributed by atoms with E-state index in [0.29, 0.717) is 13.0 Å². The summed E-state index contributed by atoms with van der Waals surface area (Å²) in [6.07, 6.45) is 0.350. The fourth-order valence-electron chi connectivity index (χ4n) is 1.87. The summed E-state index contributed by atoms with van der Waals surface area (Å²) in [4.78, 5) is 25.9. The van der Waals surface area contributed by atoms with Gasteiger partial charge in [-0.2, -0.15) is 0 Å². The SMILES string of the molecule is CC.CCC(=O)N(CC(NC)C(C)(C)C)C(=O)C(C)(C)C. The van der Waals surface area contributed by atoms with Gasteiger partial charge in [-0.15, -0.1) is 0 Å². The third-order valence-electron chi connectivity index (χ3n) is 3.25. The molecule has 0 aliphatic heterocycles. The van der Waals surface area contributed by atoms with Gasteiger partial charge in [-0.25, -0.2) is 0 Å². The Morgan fingerprint density at radius 2 is 1.48 bits per heavy atom. The highest BCUT2D eigenvalue weighted by atomic mass is 16.2. The summed E-state index contributed by atoms with van der Waals surface area (Å²) in [6.45, 7) is 18.0. The number of rotatable bonds is 4. The number of nitrogens with zero attached hydrogens (tertiary/aromatic N) is 1. The molecule has 21 heavy (non-hydrogen) atoms. The van der Waals surface area contributed by atoms with E-state index in [9.17, 15) is 9.59 Å². The third kappa shape index (κ3) is 7.60. The van der Waals surface area contributed by atoms with Gasteiger partial charge < -0.3 is 5.32 Å². The summed E-state index contributed by atoms with van der Waals surface area (Å²) in [6, 6.07) is 0.0781. The summed E-state index contributed by atoms with van der Waals surface area (Å²) in [5, 5.41) is 3.21. The van der Waals surface area contributed by atoms with Crippen molar-refractivity contribution in [2.45, 2.75) is 74.8 Å². The summed E-state index contributed by atoms with van der Waals surface area (Å²) < 4.78 is 0. The summed E-state index contributed by atoms with van der Waals surface area (Å²) in [7, 11) is 1.87. The normalized spacial score (nSPS) is 13.0. The molecule has 0 fully saturated rings. The minimum atomic E-state index is -0.541. The molecule has 0 spiro atoms. The van der Waals surface area contributed by atoms with Crippen LogP contribution < -0.4 is 5.32 Å². The largest absolute Gasteiger partial charge is 0.315 e. The molecule has 2 amide bonds. The standard InChI is InChI=1S/C15H30N2O2.C2H6/c1-9-12(18)17(13(19)15(5,6)7)10-11(16-8)14(2,3)4;1-2/h11,16H,9-10H2,1-8H3;1-2H3. The molecule has 0 aromatic rings. The molecule has 0 aliphatic rings. The number of carbonyl (C=O) groups excluding carboxylic acids is 2. The number of carbonyl (C=O) groups is 2. The molecule has 0 aliphatic carbocycles. The predicted octanol–water partition coefficient (Wildman–Crippen LogP) is 3.46. The highest BCUT2D eigenvalue weighted by molar-refractivity contribution is 5.97. The van der Waals surface area contributed by atoms with Crippen LogP contribution >= 0.6 is 0 Å². The lowest BCUT2D eigenvalue weighted by Gasteiger charge is -2.36. The minimum Gasteiger partial charge on any atom is -0.315 e. The molecule has 0 aromatic heterocycles. The van der Waals surface area contributed by atoms with Gasteiger partial charge in [0.05, 0.1) is 0 Å². The van der Waals surface area contributed by atoms with Crippen LogP contribution in [0.1, 0.15) is 68.7 Å². The van der Waals surface area contributed by atoms with E-state index < -0.39 is 5.41 Å². The predicted molar refractivity (Wildman–Crippen MR) is 90.1 cm³/mol. The molecule has 1 N–H and O–H groups in total. The van der Waals surface area contributed by atoms with E-state index in [1.807, 2.05) is 41.7 Å². The molecule has 4 nitrogen and oxygen atoms in total. The first-order valence-corrected chi connectivity index (χ1v) is 7.97. The lowest BCUT2D eigenvalue weighted by atomic mass is 9.85. The first-order valence-electron chi connectivity index (χ1n) is 7.97. The van der Waals surface area contributed by atoms with Crippen LogP contribution in [0.15, 0.2) is 0 Å². The van der Waals surface area contributed by atoms with Crippen LogP contribution in [0.2, 0.25) is 0 Å². The number of nitrogens with one attached hydrogen (secondary N) is 1. The monoisotopic (exact) mass is 300 g/mol. The van der Waals surface area contributed by atoms with Crippen LogP contribution in [0, 0.1) is 10.8 Å². The Balaban J connectivity index is 0. The van der Waals surface area contributed by atoms with E-state index >= 15 is 0 Å². The van der Waals surface area contributed by atoms with Crippen LogP contribution in [0.4, 0.5) is 0 Å². The maximum Gasteiger partial charge on any atom is 0.234 e. The Morgan fingerprint density at radius 1 is 1.05 bits per heavy atom. The zero-order chi connectivity index (χ0) is 17.4. The molecule has 0 aromatic carbocycles. The van der Waals surface area contributed by atoms with Crippen molar-refractivity contribution in [3.63, 3.8) is 0 Å². The third-order valence-corrected chi connectivity index (χ3v) is 3.25. The van der Waals surface area contributed by atoms with Crippen molar-refractivity contribution >= 4 is 11.8 Å². The van der Waals surface area contributed by atoms with Crippen LogP contribution in [0.3, 0.4) is 0 Å². The van der Waals surface area contributed by atoms with E-state index in [2.05, 4.69) is 26.1 Å². The van der Waals surface area contributed by atoms with Crippen molar-refractivity contribution in [3.05, 3.63) is 0 Å². The summed E-state index contributed by atoms with van der Waals surface area (Å²) in [5.74, 6) is -0.215. The van der Waals surface area contributed by atoms with Crippen molar-refractivity contribution in [2.24, 2.45) is 10.8 Å². The van der Waals surface area contributed by atoms with E-state index in [-0.39, 0.29) is 23.3 Å². The molecular formula is C17H36N2O2.